The third-order valence-electron chi connectivity index (χ3n) is 3.55. The number of amides is 1. The van der Waals surface area contributed by atoms with Gasteiger partial charge in [-0.05, 0) is 39.2 Å². The van der Waals surface area contributed by atoms with Crippen LogP contribution in [-0.4, -0.2) is 33.9 Å². The minimum atomic E-state index is 0.135. The molecule has 2 rings (SSSR count). The molecule has 0 spiro atoms. The molecule has 0 aliphatic rings. The van der Waals surface area contributed by atoms with E-state index in [0.717, 1.165) is 58.1 Å². The number of thiophene rings is 1. The van der Waals surface area contributed by atoms with Crippen LogP contribution >= 0.6 is 11.3 Å². The summed E-state index contributed by atoms with van der Waals surface area (Å²) in [4.78, 5) is 25.4. The summed E-state index contributed by atoms with van der Waals surface area (Å²) in [6.07, 6.45) is 1.96. The third-order valence-corrected chi connectivity index (χ3v) is 4.73. The van der Waals surface area contributed by atoms with Crippen molar-refractivity contribution in [1.29, 1.82) is 0 Å². The fourth-order valence-corrected chi connectivity index (χ4v) is 3.92. The Hall–Kier alpha value is -1.49. The van der Waals surface area contributed by atoms with Gasteiger partial charge in [0.1, 0.15) is 10.7 Å². The number of aromatic nitrogens is 2. The van der Waals surface area contributed by atoms with E-state index in [1.807, 2.05) is 25.7 Å². The molecule has 0 aliphatic carbocycles. The van der Waals surface area contributed by atoms with Gasteiger partial charge in [-0.1, -0.05) is 13.8 Å². The molecule has 0 bridgehead atoms. The third kappa shape index (κ3) is 3.07. The maximum absolute atomic E-state index is 12.8. The molecule has 0 atom stereocenters. The van der Waals surface area contributed by atoms with E-state index in [-0.39, 0.29) is 5.91 Å². The Bertz CT molecular complexity index is 657. The zero-order valence-electron chi connectivity index (χ0n) is 13.5. The van der Waals surface area contributed by atoms with E-state index < -0.39 is 0 Å². The van der Waals surface area contributed by atoms with Gasteiger partial charge in [0.05, 0.1) is 4.88 Å². The summed E-state index contributed by atoms with van der Waals surface area (Å²) in [5.41, 5.74) is 1.98. The number of hydrogen-bond acceptors (Lipinski definition) is 4. The quantitative estimate of drug-likeness (QED) is 0.842. The zero-order chi connectivity index (χ0) is 15.6. The van der Waals surface area contributed by atoms with Gasteiger partial charge in [-0.2, -0.15) is 0 Å². The highest BCUT2D eigenvalue weighted by molar-refractivity contribution is 7.20. The first-order valence-electron chi connectivity index (χ1n) is 7.53. The second kappa shape index (κ2) is 6.52. The van der Waals surface area contributed by atoms with Crippen LogP contribution in [0.4, 0.5) is 0 Å². The number of hydrogen-bond donors (Lipinski definition) is 0. The van der Waals surface area contributed by atoms with Gasteiger partial charge < -0.3 is 4.90 Å². The number of carbonyl (C=O) groups excluding carboxylic acids is 1. The molecule has 0 fully saturated rings. The van der Waals surface area contributed by atoms with Crippen molar-refractivity contribution in [3.8, 4) is 0 Å². The van der Waals surface area contributed by atoms with E-state index in [2.05, 4.69) is 23.8 Å². The smallest absolute Gasteiger partial charge is 0.264 e. The number of carbonyl (C=O) groups is 1. The van der Waals surface area contributed by atoms with Gasteiger partial charge in [-0.25, -0.2) is 9.97 Å². The van der Waals surface area contributed by atoms with Crippen LogP contribution in [0.15, 0.2) is 0 Å². The molecule has 0 saturated heterocycles. The lowest BCUT2D eigenvalue weighted by Gasteiger charge is -2.21. The SMILES string of the molecule is CCCN(CCC)C(=O)c1sc2nc(C)nc(C)c2c1C. The van der Waals surface area contributed by atoms with Crippen molar-refractivity contribution in [2.45, 2.75) is 47.5 Å². The highest BCUT2D eigenvalue weighted by Crippen LogP contribution is 2.32. The number of rotatable bonds is 5. The molecule has 0 unspecified atom stereocenters. The number of nitrogens with zero attached hydrogens (tertiary/aromatic N) is 3. The van der Waals surface area contributed by atoms with Crippen LogP contribution in [0.3, 0.4) is 0 Å². The van der Waals surface area contributed by atoms with Gasteiger partial charge in [0, 0.05) is 24.2 Å². The van der Waals surface area contributed by atoms with Crippen molar-refractivity contribution >= 4 is 27.5 Å². The zero-order valence-corrected chi connectivity index (χ0v) is 14.3. The molecule has 0 aliphatic heterocycles. The fraction of sp³-hybridized carbons (Fsp3) is 0.562. The molecule has 21 heavy (non-hydrogen) atoms. The highest BCUT2D eigenvalue weighted by atomic mass is 32.1. The Morgan fingerprint density at radius 3 is 2.29 bits per heavy atom. The predicted octanol–water partition coefficient (Wildman–Crippen LogP) is 3.88. The maximum Gasteiger partial charge on any atom is 0.264 e. The molecule has 0 saturated carbocycles. The summed E-state index contributed by atoms with van der Waals surface area (Å²) in [6, 6.07) is 0. The first kappa shape index (κ1) is 15.9. The van der Waals surface area contributed by atoms with Crippen LogP contribution in [0.5, 0.6) is 0 Å². The fourth-order valence-electron chi connectivity index (χ4n) is 2.68. The van der Waals surface area contributed by atoms with E-state index in [1.54, 1.807) is 0 Å². The molecule has 0 radical (unpaired) electrons. The first-order valence-corrected chi connectivity index (χ1v) is 8.34. The van der Waals surface area contributed by atoms with Crippen LogP contribution < -0.4 is 0 Å². The van der Waals surface area contributed by atoms with Crippen LogP contribution in [0.1, 0.15) is 53.4 Å². The highest BCUT2D eigenvalue weighted by Gasteiger charge is 2.22. The Kier molecular flexibility index (Phi) is 4.93. The lowest BCUT2D eigenvalue weighted by atomic mass is 10.1. The second-order valence-corrected chi connectivity index (χ2v) is 6.38. The minimum Gasteiger partial charge on any atom is -0.338 e. The van der Waals surface area contributed by atoms with E-state index >= 15 is 0 Å². The van der Waals surface area contributed by atoms with Gasteiger partial charge in [0.25, 0.3) is 5.91 Å². The molecule has 1 amide bonds. The topological polar surface area (TPSA) is 46.1 Å². The molecule has 2 heterocycles. The number of fused-ring (bicyclic) bond motifs is 1. The summed E-state index contributed by atoms with van der Waals surface area (Å²) in [7, 11) is 0. The Labute approximate surface area is 130 Å². The Morgan fingerprint density at radius 2 is 1.71 bits per heavy atom. The van der Waals surface area contributed by atoms with Crippen LogP contribution in [0.25, 0.3) is 10.2 Å². The van der Waals surface area contributed by atoms with Gasteiger partial charge in [-0.15, -0.1) is 11.3 Å². The summed E-state index contributed by atoms with van der Waals surface area (Å²) in [5.74, 6) is 0.899. The Balaban J connectivity index is 2.48. The summed E-state index contributed by atoms with van der Waals surface area (Å²) >= 11 is 1.50. The summed E-state index contributed by atoms with van der Waals surface area (Å²) in [6.45, 7) is 11.7. The molecule has 5 heteroatoms. The van der Waals surface area contributed by atoms with Crippen LogP contribution in [0.2, 0.25) is 0 Å². The van der Waals surface area contributed by atoms with E-state index in [1.165, 1.54) is 11.3 Å². The lowest BCUT2D eigenvalue weighted by Crippen LogP contribution is -2.32. The molecule has 4 nitrogen and oxygen atoms in total. The van der Waals surface area contributed by atoms with Crippen molar-refractivity contribution in [2.75, 3.05) is 13.1 Å². The van der Waals surface area contributed by atoms with Crippen molar-refractivity contribution in [3.05, 3.63) is 22.0 Å². The van der Waals surface area contributed by atoms with Crippen molar-refractivity contribution < 1.29 is 4.79 Å². The molecule has 2 aromatic rings. The summed E-state index contributed by atoms with van der Waals surface area (Å²) < 4.78 is 0. The molecular weight excluding hydrogens is 282 g/mol. The van der Waals surface area contributed by atoms with Crippen molar-refractivity contribution in [1.82, 2.24) is 14.9 Å². The van der Waals surface area contributed by atoms with E-state index in [0.29, 0.717) is 0 Å². The number of aryl methyl sites for hydroxylation is 3. The average molecular weight is 305 g/mol. The average Bonchev–Trinajstić information content (AvgIpc) is 2.74. The lowest BCUT2D eigenvalue weighted by molar-refractivity contribution is 0.0760. The van der Waals surface area contributed by atoms with Gasteiger partial charge in [0.2, 0.25) is 0 Å². The predicted molar refractivity (Wildman–Crippen MR) is 88.1 cm³/mol. The molecule has 0 aromatic carbocycles. The van der Waals surface area contributed by atoms with Gasteiger partial charge >= 0.3 is 0 Å². The molecule has 0 N–H and O–H groups in total. The molecular formula is C16H23N3OS. The Morgan fingerprint density at radius 1 is 1.10 bits per heavy atom. The largest absolute Gasteiger partial charge is 0.338 e. The van der Waals surface area contributed by atoms with Gasteiger partial charge in [-0.3, -0.25) is 4.79 Å². The first-order chi connectivity index (χ1) is 9.99. The van der Waals surface area contributed by atoms with E-state index in [9.17, 15) is 4.79 Å². The normalized spacial score (nSPS) is 11.1. The van der Waals surface area contributed by atoms with Crippen LogP contribution in [-0.2, 0) is 0 Å². The molecule has 2 aromatic heterocycles. The minimum absolute atomic E-state index is 0.135. The van der Waals surface area contributed by atoms with Crippen LogP contribution in [0, 0.1) is 20.8 Å². The second-order valence-electron chi connectivity index (χ2n) is 5.38. The maximum atomic E-state index is 12.8. The van der Waals surface area contributed by atoms with Gasteiger partial charge in [0.15, 0.2) is 0 Å². The van der Waals surface area contributed by atoms with E-state index in [4.69, 9.17) is 0 Å². The van der Waals surface area contributed by atoms with Crippen molar-refractivity contribution in [2.24, 2.45) is 0 Å². The van der Waals surface area contributed by atoms with Crippen molar-refractivity contribution in [3.63, 3.8) is 0 Å². The summed E-state index contributed by atoms with van der Waals surface area (Å²) in [5, 5.41) is 1.04. The monoisotopic (exact) mass is 305 g/mol. The standard InChI is InChI=1S/C16H23N3OS/c1-6-8-19(9-7-2)16(20)14-10(3)13-11(4)17-12(5)18-15(13)21-14/h6-9H2,1-5H3. The molecule has 114 valence electrons.